The summed E-state index contributed by atoms with van der Waals surface area (Å²) in [6, 6.07) is 4.69. The molecule has 0 spiro atoms. The lowest BCUT2D eigenvalue weighted by Gasteiger charge is -2.04. The topological polar surface area (TPSA) is 56.7 Å². The van der Waals surface area contributed by atoms with Crippen molar-refractivity contribution < 1.29 is 4.39 Å². The summed E-state index contributed by atoms with van der Waals surface area (Å²) < 4.78 is 14.7. The van der Waals surface area contributed by atoms with E-state index in [2.05, 4.69) is 10.1 Å². The standard InChI is InChI=1S/C9H9FN4S/c1-14-9(12-5-13-14)15-7-4-2-3-6(10)8(7)11/h2-5H,11H2,1H3. The number of nitrogens with two attached hydrogens (primary N) is 1. The molecule has 0 fully saturated rings. The van der Waals surface area contributed by atoms with E-state index in [1.165, 1.54) is 24.2 Å². The van der Waals surface area contributed by atoms with Gasteiger partial charge in [0, 0.05) is 11.9 Å². The molecule has 0 atom stereocenters. The second-order valence-corrected chi connectivity index (χ2v) is 3.93. The molecule has 2 aromatic rings. The van der Waals surface area contributed by atoms with Gasteiger partial charge in [-0.05, 0) is 23.9 Å². The number of anilines is 1. The highest BCUT2D eigenvalue weighted by atomic mass is 32.2. The number of rotatable bonds is 2. The third-order valence-electron chi connectivity index (χ3n) is 1.88. The van der Waals surface area contributed by atoms with Crippen LogP contribution in [0.15, 0.2) is 34.6 Å². The number of nitrogen functional groups attached to an aromatic ring is 1. The van der Waals surface area contributed by atoms with Crippen molar-refractivity contribution in [3.05, 3.63) is 30.3 Å². The summed E-state index contributed by atoms with van der Waals surface area (Å²) in [5, 5.41) is 4.59. The predicted molar refractivity (Wildman–Crippen MR) is 55.9 cm³/mol. The van der Waals surface area contributed by atoms with Crippen LogP contribution < -0.4 is 5.73 Å². The second kappa shape index (κ2) is 3.90. The van der Waals surface area contributed by atoms with E-state index in [1.54, 1.807) is 23.9 Å². The molecule has 0 saturated heterocycles. The lowest BCUT2D eigenvalue weighted by molar-refractivity contribution is 0.629. The minimum absolute atomic E-state index is 0.144. The molecule has 0 aliphatic rings. The molecule has 0 unspecified atom stereocenters. The van der Waals surface area contributed by atoms with Crippen LogP contribution in [0.25, 0.3) is 0 Å². The molecule has 78 valence electrons. The average molecular weight is 224 g/mol. The molecule has 0 amide bonds. The van der Waals surface area contributed by atoms with Crippen LogP contribution in [-0.2, 0) is 7.05 Å². The number of para-hydroxylation sites is 1. The quantitative estimate of drug-likeness (QED) is 0.789. The van der Waals surface area contributed by atoms with Crippen molar-refractivity contribution in [1.82, 2.24) is 14.8 Å². The van der Waals surface area contributed by atoms with Crippen molar-refractivity contribution in [2.75, 3.05) is 5.73 Å². The van der Waals surface area contributed by atoms with Crippen molar-refractivity contribution >= 4 is 17.4 Å². The van der Waals surface area contributed by atoms with Crippen LogP contribution in [0.2, 0.25) is 0 Å². The number of nitrogens with zero attached hydrogens (tertiary/aromatic N) is 3. The Morgan fingerprint density at radius 1 is 1.47 bits per heavy atom. The Bertz CT molecular complexity index is 483. The monoisotopic (exact) mass is 224 g/mol. The lowest BCUT2D eigenvalue weighted by Crippen LogP contribution is -1.96. The first-order valence-electron chi connectivity index (χ1n) is 4.24. The van der Waals surface area contributed by atoms with Gasteiger partial charge < -0.3 is 5.73 Å². The van der Waals surface area contributed by atoms with E-state index in [4.69, 9.17) is 5.73 Å². The van der Waals surface area contributed by atoms with Crippen LogP contribution in [0.3, 0.4) is 0 Å². The normalized spacial score (nSPS) is 10.5. The largest absolute Gasteiger partial charge is 0.395 e. The maximum absolute atomic E-state index is 13.1. The van der Waals surface area contributed by atoms with E-state index >= 15 is 0 Å². The molecule has 15 heavy (non-hydrogen) atoms. The zero-order chi connectivity index (χ0) is 10.8. The number of hydrogen-bond acceptors (Lipinski definition) is 4. The van der Waals surface area contributed by atoms with E-state index < -0.39 is 5.82 Å². The molecular formula is C9H9FN4S. The number of benzene rings is 1. The number of hydrogen-bond donors (Lipinski definition) is 1. The zero-order valence-corrected chi connectivity index (χ0v) is 8.83. The fourth-order valence-corrected chi connectivity index (χ4v) is 1.91. The van der Waals surface area contributed by atoms with Crippen LogP contribution in [0.4, 0.5) is 10.1 Å². The van der Waals surface area contributed by atoms with Crippen molar-refractivity contribution in [2.45, 2.75) is 10.1 Å². The first-order valence-corrected chi connectivity index (χ1v) is 5.06. The predicted octanol–water partition coefficient (Wildman–Crippen LogP) is 1.69. The van der Waals surface area contributed by atoms with Gasteiger partial charge >= 0.3 is 0 Å². The molecule has 0 radical (unpaired) electrons. The van der Waals surface area contributed by atoms with Crippen LogP contribution >= 0.6 is 11.8 Å². The fraction of sp³-hybridized carbons (Fsp3) is 0.111. The number of aromatic nitrogens is 3. The van der Waals surface area contributed by atoms with Crippen molar-refractivity contribution in [1.29, 1.82) is 0 Å². The summed E-state index contributed by atoms with van der Waals surface area (Å²) in [6.45, 7) is 0. The SMILES string of the molecule is Cn1ncnc1Sc1cccc(F)c1N. The van der Waals surface area contributed by atoms with Gasteiger partial charge in [-0.2, -0.15) is 5.10 Å². The summed E-state index contributed by atoms with van der Waals surface area (Å²) >= 11 is 1.29. The summed E-state index contributed by atoms with van der Waals surface area (Å²) in [4.78, 5) is 4.66. The maximum atomic E-state index is 13.1. The molecule has 0 saturated carbocycles. The Morgan fingerprint density at radius 3 is 2.93 bits per heavy atom. The molecule has 0 aliphatic heterocycles. The van der Waals surface area contributed by atoms with Crippen molar-refractivity contribution in [3.63, 3.8) is 0 Å². The van der Waals surface area contributed by atoms with E-state index in [9.17, 15) is 4.39 Å². The molecular weight excluding hydrogens is 215 g/mol. The third-order valence-corrected chi connectivity index (χ3v) is 3.01. The van der Waals surface area contributed by atoms with Gasteiger partial charge in [-0.1, -0.05) is 6.07 Å². The van der Waals surface area contributed by atoms with Gasteiger partial charge in [0.15, 0.2) is 5.16 Å². The van der Waals surface area contributed by atoms with E-state index in [1.807, 2.05) is 0 Å². The highest BCUT2D eigenvalue weighted by molar-refractivity contribution is 7.99. The molecule has 2 rings (SSSR count). The summed E-state index contributed by atoms with van der Waals surface area (Å²) in [5.41, 5.74) is 5.74. The molecule has 1 aromatic heterocycles. The Balaban J connectivity index is 2.33. The Kier molecular flexibility index (Phi) is 2.59. The van der Waals surface area contributed by atoms with E-state index in [0.717, 1.165) is 0 Å². The zero-order valence-electron chi connectivity index (χ0n) is 8.01. The van der Waals surface area contributed by atoms with Gasteiger partial charge in [-0.15, -0.1) is 0 Å². The van der Waals surface area contributed by atoms with Gasteiger partial charge in [0.25, 0.3) is 0 Å². The lowest BCUT2D eigenvalue weighted by atomic mass is 10.3. The summed E-state index contributed by atoms with van der Waals surface area (Å²) in [7, 11) is 1.77. The molecule has 0 bridgehead atoms. The Hall–Kier alpha value is -1.56. The van der Waals surface area contributed by atoms with E-state index in [0.29, 0.717) is 10.1 Å². The number of halogens is 1. The maximum Gasteiger partial charge on any atom is 0.190 e. The van der Waals surface area contributed by atoms with Gasteiger partial charge in [-0.25, -0.2) is 14.1 Å². The molecule has 0 aliphatic carbocycles. The average Bonchev–Trinajstić information content (AvgIpc) is 2.60. The first-order chi connectivity index (χ1) is 7.18. The van der Waals surface area contributed by atoms with Crippen LogP contribution in [0, 0.1) is 5.82 Å². The van der Waals surface area contributed by atoms with Gasteiger partial charge in [-0.3, -0.25) is 0 Å². The second-order valence-electron chi connectivity index (χ2n) is 2.92. The summed E-state index contributed by atoms with van der Waals surface area (Å²) in [6.07, 6.45) is 1.44. The third kappa shape index (κ3) is 1.94. The minimum Gasteiger partial charge on any atom is -0.395 e. The van der Waals surface area contributed by atoms with Crippen molar-refractivity contribution in [3.8, 4) is 0 Å². The first kappa shape index (κ1) is 9.97. The van der Waals surface area contributed by atoms with Crippen LogP contribution in [0.5, 0.6) is 0 Å². The van der Waals surface area contributed by atoms with Gasteiger partial charge in [0.1, 0.15) is 12.1 Å². The molecule has 4 nitrogen and oxygen atoms in total. The van der Waals surface area contributed by atoms with E-state index in [-0.39, 0.29) is 5.69 Å². The summed E-state index contributed by atoms with van der Waals surface area (Å²) in [5.74, 6) is -0.415. The Labute approximate surface area is 90.3 Å². The van der Waals surface area contributed by atoms with Gasteiger partial charge in [0.2, 0.25) is 0 Å². The van der Waals surface area contributed by atoms with Gasteiger partial charge in [0.05, 0.1) is 5.69 Å². The smallest absolute Gasteiger partial charge is 0.190 e. The van der Waals surface area contributed by atoms with Crippen molar-refractivity contribution in [2.24, 2.45) is 7.05 Å². The van der Waals surface area contributed by atoms with Crippen LogP contribution in [-0.4, -0.2) is 14.8 Å². The Morgan fingerprint density at radius 2 is 2.27 bits per heavy atom. The molecule has 1 aromatic carbocycles. The highest BCUT2D eigenvalue weighted by Gasteiger charge is 2.08. The molecule has 6 heteroatoms. The number of aryl methyl sites for hydroxylation is 1. The molecule has 1 heterocycles. The fourth-order valence-electron chi connectivity index (χ4n) is 1.08. The minimum atomic E-state index is -0.415. The highest BCUT2D eigenvalue weighted by Crippen LogP contribution is 2.31. The van der Waals surface area contributed by atoms with Crippen LogP contribution in [0.1, 0.15) is 0 Å². The molecule has 2 N–H and O–H groups in total.